The summed E-state index contributed by atoms with van der Waals surface area (Å²) in [6.07, 6.45) is -14.0. The van der Waals surface area contributed by atoms with Gasteiger partial charge in [-0.2, -0.15) is 0 Å². The van der Waals surface area contributed by atoms with E-state index in [-0.39, 0.29) is 0 Å². The maximum Gasteiger partial charge on any atom is 0.192 e. The highest BCUT2D eigenvalue weighted by Gasteiger charge is 2.53. The molecule has 0 radical (unpaired) electrons. The van der Waals surface area contributed by atoms with Crippen molar-refractivity contribution in [1.82, 2.24) is 0 Å². The van der Waals surface area contributed by atoms with E-state index in [0.29, 0.717) is 0 Å². The third-order valence-electron chi connectivity index (χ3n) is 4.28. The molecular weight excluding hydrogens is 332 g/mol. The number of hydrogen-bond donors (Lipinski definition) is 8. The van der Waals surface area contributed by atoms with Crippen LogP contribution in [0.2, 0.25) is 0 Å². The number of hydrogen-bond acceptors (Lipinski definition) is 11. The van der Waals surface area contributed by atoms with Crippen molar-refractivity contribution in [2.75, 3.05) is 13.2 Å². The average molecular weight is 356 g/mol. The van der Waals surface area contributed by atoms with Crippen LogP contribution in [0.3, 0.4) is 0 Å². The third-order valence-corrected chi connectivity index (χ3v) is 4.28. The first-order chi connectivity index (χ1) is 11.1. The van der Waals surface area contributed by atoms with E-state index in [9.17, 15) is 35.7 Å². The van der Waals surface area contributed by atoms with Crippen LogP contribution in [0.4, 0.5) is 0 Å². The van der Waals surface area contributed by atoms with Gasteiger partial charge in [-0.15, -0.1) is 0 Å². The Morgan fingerprint density at radius 3 is 2.00 bits per heavy atom. The van der Waals surface area contributed by atoms with Crippen LogP contribution in [-0.4, -0.2) is 115 Å². The fraction of sp³-hybridized carbons (Fsp3) is 1.00. The van der Waals surface area contributed by atoms with Crippen LogP contribution >= 0.6 is 0 Å². The molecule has 0 spiro atoms. The Morgan fingerprint density at radius 1 is 0.875 bits per heavy atom. The van der Waals surface area contributed by atoms with Crippen molar-refractivity contribution in [1.29, 1.82) is 0 Å². The summed E-state index contributed by atoms with van der Waals surface area (Å²) in [5.41, 5.74) is 0. The molecule has 0 bridgehead atoms. The second-order valence-corrected chi connectivity index (χ2v) is 6.13. The molecule has 0 amide bonds. The molecule has 0 saturated carbocycles. The second-order valence-electron chi connectivity index (χ2n) is 6.13. The standard InChI is InChI=1S/C13H24O11/c1-13(21)11(20)9(19)10(5(3-15)24-13)23-12-8(18)7(17)6(16)4(2-14)22-12/h4-12,14-21H,2-3H2,1H3. The first-order valence-electron chi connectivity index (χ1n) is 7.47. The Balaban J connectivity index is 2.15. The summed E-state index contributed by atoms with van der Waals surface area (Å²) < 4.78 is 15.5. The zero-order valence-corrected chi connectivity index (χ0v) is 12.9. The topological polar surface area (TPSA) is 190 Å². The second kappa shape index (κ2) is 7.43. The summed E-state index contributed by atoms with van der Waals surface area (Å²) in [7, 11) is 0. The van der Waals surface area contributed by atoms with E-state index in [4.69, 9.17) is 19.3 Å². The quantitative estimate of drug-likeness (QED) is 0.241. The molecule has 2 aliphatic rings. The van der Waals surface area contributed by atoms with Gasteiger partial charge in [0.05, 0.1) is 13.2 Å². The summed E-state index contributed by atoms with van der Waals surface area (Å²) >= 11 is 0. The fourth-order valence-corrected chi connectivity index (χ4v) is 2.80. The van der Waals surface area contributed by atoms with Gasteiger partial charge in [-0.05, 0) is 6.92 Å². The van der Waals surface area contributed by atoms with Crippen molar-refractivity contribution in [2.24, 2.45) is 0 Å². The van der Waals surface area contributed by atoms with Crippen molar-refractivity contribution in [3.8, 4) is 0 Å². The van der Waals surface area contributed by atoms with Crippen LogP contribution in [0.25, 0.3) is 0 Å². The van der Waals surface area contributed by atoms with Crippen LogP contribution in [0.15, 0.2) is 0 Å². The molecule has 2 rings (SSSR count). The highest BCUT2D eigenvalue weighted by molar-refractivity contribution is 4.96. The number of aliphatic hydroxyl groups is 8. The smallest absolute Gasteiger partial charge is 0.192 e. The van der Waals surface area contributed by atoms with Gasteiger partial charge < -0.3 is 55.1 Å². The molecule has 10 atom stereocenters. The molecule has 2 aliphatic heterocycles. The Morgan fingerprint density at radius 2 is 1.46 bits per heavy atom. The SMILES string of the molecule is CC1(O)OC(CO)C(OC2OC(CO)C(O)C(O)C2O)C(O)C1O. The van der Waals surface area contributed by atoms with Gasteiger partial charge in [-0.1, -0.05) is 0 Å². The fourth-order valence-electron chi connectivity index (χ4n) is 2.80. The van der Waals surface area contributed by atoms with E-state index < -0.39 is 74.1 Å². The third kappa shape index (κ3) is 3.57. The van der Waals surface area contributed by atoms with Gasteiger partial charge in [0.1, 0.15) is 48.8 Å². The monoisotopic (exact) mass is 356 g/mol. The molecule has 2 heterocycles. The molecule has 2 saturated heterocycles. The van der Waals surface area contributed by atoms with Crippen LogP contribution in [0.5, 0.6) is 0 Å². The number of aliphatic hydroxyl groups excluding tert-OH is 7. The minimum absolute atomic E-state index is 0.671. The minimum atomic E-state index is -2.14. The molecule has 0 aromatic rings. The highest BCUT2D eigenvalue weighted by Crippen LogP contribution is 2.32. The maximum absolute atomic E-state index is 10.1. The van der Waals surface area contributed by atoms with Crippen LogP contribution in [-0.2, 0) is 14.2 Å². The predicted octanol–water partition coefficient (Wildman–Crippen LogP) is -5.01. The van der Waals surface area contributed by atoms with Crippen molar-refractivity contribution < 1.29 is 55.1 Å². The lowest BCUT2D eigenvalue weighted by Crippen LogP contribution is -2.67. The lowest BCUT2D eigenvalue weighted by molar-refractivity contribution is -0.378. The Hall–Kier alpha value is -0.440. The molecule has 8 N–H and O–H groups in total. The normalized spacial score (nSPS) is 53.1. The first kappa shape index (κ1) is 19.9. The molecule has 2 fully saturated rings. The van der Waals surface area contributed by atoms with E-state index in [1.165, 1.54) is 0 Å². The zero-order valence-electron chi connectivity index (χ0n) is 12.9. The summed E-state index contributed by atoms with van der Waals surface area (Å²) in [5, 5.41) is 77.7. The molecule has 0 aromatic heterocycles. The van der Waals surface area contributed by atoms with Crippen molar-refractivity contribution in [2.45, 2.75) is 67.8 Å². The average Bonchev–Trinajstić information content (AvgIpc) is 2.55. The van der Waals surface area contributed by atoms with Crippen molar-refractivity contribution >= 4 is 0 Å². The molecule has 0 aliphatic carbocycles. The molecule has 11 heteroatoms. The van der Waals surface area contributed by atoms with Gasteiger partial charge in [0.15, 0.2) is 12.1 Å². The lowest BCUT2D eigenvalue weighted by Gasteiger charge is -2.48. The van der Waals surface area contributed by atoms with E-state index in [1.54, 1.807) is 0 Å². The highest BCUT2D eigenvalue weighted by atomic mass is 16.7. The zero-order chi connectivity index (χ0) is 18.2. The van der Waals surface area contributed by atoms with Gasteiger partial charge in [0, 0.05) is 0 Å². The summed E-state index contributed by atoms with van der Waals surface area (Å²) in [6, 6.07) is 0. The largest absolute Gasteiger partial charge is 0.394 e. The van der Waals surface area contributed by atoms with Crippen LogP contribution in [0.1, 0.15) is 6.92 Å². The van der Waals surface area contributed by atoms with Gasteiger partial charge >= 0.3 is 0 Å². The summed E-state index contributed by atoms with van der Waals surface area (Å²) in [4.78, 5) is 0. The van der Waals surface area contributed by atoms with Gasteiger partial charge in [0.25, 0.3) is 0 Å². The summed E-state index contributed by atoms with van der Waals surface area (Å²) in [5.74, 6) is -2.14. The molecule has 10 unspecified atom stereocenters. The van der Waals surface area contributed by atoms with Gasteiger partial charge in [-0.3, -0.25) is 0 Å². The predicted molar refractivity (Wildman–Crippen MR) is 73.2 cm³/mol. The van der Waals surface area contributed by atoms with Crippen molar-refractivity contribution in [3.05, 3.63) is 0 Å². The molecular formula is C13H24O11. The van der Waals surface area contributed by atoms with Gasteiger partial charge in [0.2, 0.25) is 0 Å². The van der Waals surface area contributed by atoms with E-state index in [1.807, 2.05) is 0 Å². The van der Waals surface area contributed by atoms with E-state index >= 15 is 0 Å². The Bertz CT molecular complexity index is 415. The maximum atomic E-state index is 10.1. The van der Waals surface area contributed by atoms with Crippen molar-refractivity contribution in [3.63, 3.8) is 0 Å². The number of ether oxygens (including phenoxy) is 3. The molecule has 142 valence electrons. The Kier molecular flexibility index (Phi) is 6.16. The van der Waals surface area contributed by atoms with Gasteiger partial charge in [-0.25, -0.2) is 0 Å². The van der Waals surface area contributed by atoms with E-state index in [0.717, 1.165) is 6.92 Å². The molecule has 11 nitrogen and oxygen atoms in total. The summed E-state index contributed by atoms with van der Waals surface area (Å²) in [6.45, 7) is -0.273. The van der Waals surface area contributed by atoms with Crippen LogP contribution < -0.4 is 0 Å². The first-order valence-corrected chi connectivity index (χ1v) is 7.47. The Labute approximate surface area is 137 Å². The lowest BCUT2D eigenvalue weighted by atomic mass is 9.93. The van der Waals surface area contributed by atoms with E-state index in [2.05, 4.69) is 0 Å². The molecule has 0 aromatic carbocycles. The van der Waals surface area contributed by atoms with Crippen LogP contribution in [0, 0.1) is 0 Å². The minimum Gasteiger partial charge on any atom is -0.394 e. The molecule has 24 heavy (non-hydrogen) atoms. The number of rotatable bonds is 4.